The maximum absolute atomic E-state index is 6.37. The van der Waals surface area contributed by atoms with Gasteiger partial charge in [-0.2, -0.15) is 0 Å². The lowest BCUT2D eigenvalue weighted by Gasteiger charge is -2.23. The number of rotatable bonds is 6. The van der Waals surface area contributed by atoms with Gasteiger partial charge in [0.1, 0.15) is 0 Å². The van der Waals surface area contributed by atoms with Crippen LogP contribution in [0.5, 0.6) is 0 Å². The maximum atomic E-state index is 6.37. The highest BCUT2D eigenvalue weighted by Gasteiger charge is 2.17. The van der Waals surface area contributed by atoms with Gasteiger partial charge in [0.25, 0.3) is 0 Å². The molecule has 0 spiro atoms. The lowest BCUT2D eigenvalue weighted by atomic mass is 10.1. The van der Waals surface area contributed by atoms with E-state index in [-0.39, 0.29) is 6.04 Å². The van der Waals surface area contributed by atoms with Crippen LogP contribution in [0, 0.1) is 0 Å². The predicted molar refractivity (Wildman–Crippen MR) is 85.5 cm³/mol. The van der Waals surface area contributed by atoms with E-state index in [0.29, 0.717) is 0 Å². The standard InChI is InChI=1S/C16H21ClN4/c17-15-6-2-1-5-14(15)16(21-10-7-18-13-21)11-19-12-20-8-3-4-9-20/h1-2,5-7,10,13,16,19H,3-4,8-9,11-12H2. The second-order valence-corrected chi connectivity index (χ2v) is 5.89. The number of imidazole rings is 1. The molecule has 1 N–H and O–H groups in total. The summed E-state index contributed by atoms with van der Waals surface area (Å²) in [4.78, 5) is 6.62. The third kappa shape index (κ3) is 3.64. The van der Waals surface area contributed by atoms with Crippen LogP contribution >= 0.6 is 11.6 Å². The molecule has 4 nitrogen and oxygen atoms in total. The van der Waals surface area contributed by atoms with Crippen molar-refractivity contribution in [3.05, 3.63) is 53.6 Å². The SMILES string of the molecule is Clc1ccccc1C(CNCN1CCCC1)n1ccnc1. The van der Waals surface area contributed by atoms with Crippen molar-refractivity contribution in [2.75, 3.05) is 26.3 Å². The van der Waals surface area contributed by atoms with Crippen molar-refractivity contribution in [1.29, 1.82) is 0 Å². The molecule has 0 bridgehead atoms. The number of aromatic nitrogens is 2. The van der Waals surface area contributed by atoms with E-state index in [1.807, 2.05) is 36.9 Å². The zero-order chi connectivity index (χ0) is 14.5. The molecule has 2 aromatic rings. The number of nitrogens with one attached hydrogen (secondary N) is 1. The van der Waals surface area contributed by atoms with Crippen LogP contribution in [0.3, 0.4) is 0 Å². The first-order chi connectivity index (χ1) is 10.3. The van der Waals surface area contributed by atoms with Crippen LogP contribution in [0.1, 0.15) is 24.4 Å². The molecule has 1 saturated heterocycles. The molecule has 5 heteroatoms. The van der Waals surface area contributed by atoms with Crippen LogP contribution in [-0.2, 0) is 0 Å². The van der Waals surface area contributed by atoms with Crippen molar-refractivity contribution in [2.45, 2.75) is 18.9 Å². The molecule has 3 rings (SSSR count). The Labute approximate surface area is 130 Å². The van der Waals surface area contributed by atoms with Gasteiger partial charge in [0, 0.05) is 30.6 Å². The van der Waals surface area contributed by atoms with Crippen LogP contribution in [0.25, 0.3) is 0 Å². The van der Waals surface area contributed by atoms with E-state index in [1.54, 1.807) is 0 Å². The second kappa shape index (κ2) is 7.07. The van der Waals surface area contributed by atoms with Crippen molar-refractivity contribution < 1.29 is 0 Å². The van der Waals surface area contributed by atoms with Gasteiger partial charge in [0.2, 0.25) is 0 Å². The van der Waals surface area contributed by atoms with Crippen LogP contribution in [0.2, 0.25) is 5.02 Å². The zero-order valence-electron chi connectivity index (χ0n) is 12.1. The van der Waals surface area contributed by atoms with E-state index in [2.05, 4.69) is 25.8 Å². The molecule has 0 saturated carbocycles. The van der Waals surface area contributed by atoms with E-state index in [9.17, 15) is 0 Å². The Morgan fingerprint density at radius 1 is 1.24 bits per heavy atom. The summed E-state index contributed by atoms with van der Waals surface area (Å²) >= 11 is 6.37. The van der Waals surface area contributed by atoms with Crippen LogP contribution in [0.4, 0.5) is 0 Å². The molecule has 112 valence electrons. The molecule has 1 aromatic heterocycles. The van der Waals surface area contributed by atoms with Crippen LogP contribution in [0.15, 0.2) is 43.0 Å². The average molecular weight is 305 g/mol. The summed E-state index contributed by atoms with van der Waals surface area (Å²) in [5, 5.41) is 4.36. The van der Waals surface area contributed by atoms with Crippen LogP contribution in [-0.4, -0.2) is 40.8 Å². The van der Waals surface area contributed by atoms with E-state index in [1.165, 1.54) is 25.9 Å². The van der Waals surface area contributed by atoms with Gasteiger partial charge in [0.05, 0.1) is 12.4 Å². The highest BCUT2D eigenvalue weighted by Crippen LogP contribution is 2.25. The first kappa shape index (κ1) is 14.6. The Bertz CT molecular complexity index is 549. The van der Waals surface area contributed by atoms with Crippen molar-refractivity contribution in [2.24, 2.45) is 0 Å². The van der Waals surface area contributed by atoms with E-state index < -0.39 is 0 Å². The molecule has 1 atom stereocenters. The fourth-order valence-electron chi connectivity index (χ4n) is 2.88. The molecule has 1 aromatic carbocycles. The van der Waals surface area contributed by atoms with Gasteiger partial charge in [-0.1, -0.05) is 29.8 Å². The summed E-state index contributed by atoms with van der Waals surface area (Å²) in [7, 11) is 0. The number of hydrogen-bond donors (Lipinski definition) is 1. The number of halogens is 1. The maximum Gasteiger partial charge on any atom is 0.0952 e. The predicted octanol–water partition coefficient (Wildman–Crippen LogP) is 2.77. The summed E-state index contributed by atoms with van der Waals surface area (Å²) in [6.07, 6.45) is 8.29. The molecule has 2 heterocycles. The third-order valence-electron chi connectivity index (χ3n) is 4.02. The molecule has 1 fully saturated rings. The Hall–Kier alpha value is -1.36. The number of nitrogens with zero attached hydrogens (tertiary/aromatic N) is 3. The fraction of sp³-hybridized carbons (Fsp3) is 0.438. The molecular weight excluding hydrogens is 284 g/mol. The van der Waals surface area contributed by atoms with Gasteiger partial charge in [-0.3, -0.25) is 4.90 Å². The minimum atomic E-state index is 0.170. The summed E-state index contributed by atoms with van der Waals surface area (Å²) < 4.78 is 2.11. The second-order valence-electron chi connectivity index (χ2n) is 5.48. The van der Waals surface area contributed by atoms with E-state index >= 15 is 0 Å². The van der Waals surface area contributed by atoms with Gasteiger partial charge in [-0.25, -0.2) is 4.98 Å². The normalized spacial score (nSPS) is 17.2. The summed E-state index contributed by atoms with van der Waals surface area (Å²) in [5.41, 5.74) is 1.13. The monoisotopic (exact) mass is 304 g/mol. The highest BCUT2D eigenvalue weighted by molar-refractivity contribution is 6.31. The number of hydrogen-bond acceptors (Lipinski definition) is 3. The number of benzene rings is 1. The largest absolute Gasteiger partial charge is 0.329 e. The summed E-state index contributed by atoms with van der Waals surface area (Å²) in [6.45, 7) is 4.19. The Kier molecular flexibility index (Phi) is 4.91. The Morgan fingerprint density at radius 3 is 2.76 bits per heavy atom. The molecule has 1 aliphatic heterocycles. The summed E-state index contributed by atoms with van der Waals surface area (Å²) in [5.74, 6) is 0. The molecule has 1 aliphatic rings. The average Bonchev–Trinajstić information content (AvgIpc) is 3.18. The summed E-state index contributed by atoms with van der Waals surface area (Å²) in [6, 6.07) is 8.20. The van der Waals surface area contributed by atoms with E-state index in [0.717, 1.165) is 23.8 Å². The molecule has 1 unspecified atom stereocenters. The van der Waals surface area contributed by atoms with Crippen molar-refractivity contribution >= 4 is 11.6 Å². The smallest absolute Gasteiger partial charge is 0.0952 e. The number of likely N-dealkylation sites (tertiary alicyclic amines) is 1. The molecular formula is C16H21ClN4. The lowest BCUT2D eigenvalue weighted by Crippen LogP contribution is -2.35. The van der Waals surface area contributed by atoms with Gasteiger partial charge in [-0.05, 0) is 37.6 Å². The highest BCUT2D eigenvalue weighted by atomic mass is 35.5. The van der Waals surface area contributed by atoms with Crippen molar-refractivity contribution in [1.82, 2.24) is 19.8 Å². The van der Waals surface area contributed by atoms with Crippen molar-refractivity contribution in [3.8, 4) is 0 Å². The molecule has 0 aliphatic carbocycles. The van der Waals surface area contributed by atoms with Crippen molar-refractivity contribution in [3.63, 3.8) is 0 Å². The first-order valence-corrected chi connectivity index (χ1v) is 7.87. The molecule has 21 heavy (non-hydrogen) atoms. The molecule has 0 radical (unpaired) electrons. The third-order valence-corrected chi connectivity index (χ3v) is 4.36. The van der Waals surface area contributed by atoms with E-state index in [4.69, 9.17) is 11.6 Å². The van der Waals surface area contributed by atoms with Gasteiger partial charge in [0.15, 0.2) is 0 Å². The lowest BCUT2D eigenvalue weighted by molar-refractivity contribution is 0.302. The minimum Gasteiger partial charge on any atom is -0.329 e. The minimum absolute atomic E-state index is 0.170. The van der Waals surface area contributed by atoms with Gasteiger partial charge < -0.3 is 9.88 Å². The Morgan fingerprint density at radius 2 is 2.05 bits per heavy atom. The Balaban J connectivity index is 1.69. The fourth-order valence-corrected chi connectivity index (χ4v) is 3.14. The van der Waals surface area contributed by atoms with Gasteiger partial charge in [-0.15, -0.1) is 0 Å². The first-order valence-electron chi connectivity index (χ1n) is 7.49. The topological polar surface area (TPSA) is 33.1 Å². The molecule has 0 amide bonds. The quantitative estimate of drug-likeness (QED) is 0.891. The zero-order valence-corrected chi connectivity index (χ0v) is 12.8. The van der Waals surface area contributed by atoms with Gasteiger partial charge >= 0.3 is 0 Å². The van der Waals surface area contributed by atoms with Crippen LogP contribution < -0.4 is 5.32 Å².